The van der Waals surface area contributed by atoms with E-state index in [0.717, 1.165) is 38.1 Å². The summed E-state index contributed by atoms with van der Waals surface area (Å²) in [6.45, 7) is 12.4. The molecule has 0 aromatic rings. The Labute approximate surface area is 129 Å². The maximum atomic E-state index is 4.58. The molecule has 0 spiro atoms. The average molecular weight is 368 g/mol. The molecule has 0 aliphatic heterocycles. The van der Waals surface area contributed by atoms with Crippen molar-refractivity contribution < 1.29 is 0 Å². The van der Waals surface area contributed by atoms with Crippen molar-refractivity contribution in [1.29, 1.82) is 0 Å². The summed E-state index contributed by atoms with van der Waals surface area (Å²) in [5.74, 6) is 1.80. The van der Waals surface area contributed by atoms with Crippen molar-refractivity contribution in [1.82, 2.24) is 16.0 Å². The molecule has 0 radical (unpaired) electrons. The lowest BCUT2D eigenvalue weighted by molar-refractivity contribution is 0.428. The van der Waals surface area contributed by atoms with Crippen molar-refractivity contribution in [3.8, 4) is 0 Å². The standard InChI is InChI=1S/C13H28N4.HI/c1-5-14-12(16-10-11-6-7-11)15-8-9-17-13(2,3)4;/h11,17H,5-10H2,1-4H3,(H2,14,15,16);1H. The van der Waals surface area contributed by atoms with E-state index in [1.165, 1.54) is 12.8 Å². The largest absolute Gasteiger partial charge is 0.357 e. The summed E-state index contributed by atoms with van der Waals surface area (Å²) in [4.78, 5) is 4.58. The fourth-order valence-corrected chi connectivity index (χ4v) is 1.48. The van der Waals surface area contributed by atoms with Crippen LogP contribution in [0, 0.1) is 5.92 Å². The Morgan fingerprint density at radius 1 is 1.17 bits per heavy atom. The van der Waals surface area contributed by atoms with Gasteiger partial charge in [-0.3, -0.25) is 4.99 Å². The van der Waals surface area contributed by atoms with Gasteiger partial charge in [-0.15, -0.1) is 24.0 Å². The Hall–Kier alpha value is -0.0400. The highest BCUT2D eigenvalue weighted by molar-refractivity contribution is 14.0. The highest BCUT2D eigenvalue weighted by atomic mass is 127. The molecule has 1 rings (SSSR count). The molecule has 3 N–H and O–H groups in total. The molecular weight excluding hydrogens is 339 g/mol. The van der Waals surface area contributed by atoms with E-state index in [9.17, 15) is 0 Å². The predicted molar refractivity (Wildman–Crippen MR) is 89.9 cm³/mol. The summed E-state index contributed by atoms with van der Waals surface area (Å²) in [6, 6.07) is 0. The molecule has 4 nitrogen and oxygen atoms in total. The zero-order valence-electron chi connectivity index (χ0n) is 12.2. The van der Waals surface area contributed by atoms with E-state index in [0.29, 0.717) is 0 Å². The molecule has 0 saturated heterocycles. The number of aliphatic imine (C=N–C) groups is 1. The molecule has 0 heterocycles. The van der Waals surface area contributed by atoms with Gasteiger partial charge in [0.05, 0.1) is 0 Å². The second-order valence-corrected chi connectivity index (χ2v) is 5.77. The molecule has 0 aromatic heterocycles. The van der Waals surface area contributed by atoms with Crippen molar-refractivity contribution in [2.75, 3.05) is 26.2 Å². The van der Waals surface area contributed by atoms with E-state index in [2.05, 4.69) is 48.6 Å². The third-order valence-electron chi connectivity index (χ3n) is 2.62. The van der Waals surface area contributed by atoms with Crippen molar-refractivity contribution >= 4 is 29.9 Å². The maximum Gasteiger partial charge on any atom is 0.191 e. The van der Waals surface area contributed by atoms with Gasteiger partial charge in [0.25, 0.3) is 0 Å². The van der Waals surface area contributed by atoms with Gasteiger partial charge in [-0.25, -0.2) is 0 Å². The van der Waals surface area contributed by atoms with Crippen LogP contribution in [0.2, 0.25) is 0 Å². The van der Waals surface area contributed by atoms with Crippen molar-refractivity contribution in [2.45, 2.75) is 46.1 Å². The zero-order chi connectivity index (χ0) is 12.7. The summed E-state index contributed by atoms with van der Waals surface area (Å²) < 4.78 is 0. The third kappa shape index (κ3) is 9.94. The second-order valence-electron chi connectivity index (χ2n) is 5.77. The molecule has 1 saturated carbocycles. The molecule has 18 heavy (non-hydrogen) atoms. The van der Waals surface area contributed by atoms with Gasteiger partial charge in [0.1, 0.15) is 0 Å². The lowest BCUT2D eigenvalue weighted by Crippen LogP contribution is -2.44. The SMILES string of the molecule is CCNC(=NCC1CC1)NCCNC(C)(C)C.I. The first-order chi connectivity index (χ1) is 8.01. The Kier molecular flexibility index (Phi) is 8.94. The summed E-state index contributed by atoms with van der Waals surface area (Å²) in [5.41, 5.74) is 0.186. The molecular formula is C13H29IN4. The number of nitrogens with zero attached hydrogens (tertiary/aromatic N) is 1. The predicted octanol–water partition coefficient (Wildman–Crippen LogP) is 1.96. The second kappa shape index (κ2) is 8.96. The minimum atomic E-state index is 0. The van der Waals surface area contributed by atoms with Gasteiger partial charge in [0, 0.05) is 31.7 Å². The summed E-state index contributed by atoms with van der Waals surface area (Å²) >= 11 is 0. The maximum absolute atomic E-state index is 4.58. The van der Waals surface area contributed by atoms with Gasteiger partial charge in [-0.05, 0) is 46.5 Å². The fraction of sp³-hybridized carbons (Fsp3) is 0.923. The topological polar surface area (TPSA) is 48.5 Å². The first-order valence-electron chi connectivity index (χ1n) is 6.78. The van der Waals surface area contributed by atoms with Crippen LogP contribution in [-0.4, -0.2) is 37.7 Å². The average Bonchev–Trinajstić information content (AvgIpc) is 3.03. The number of rotatable bonds is 6. The molecule has 1 aliphatic rings. The highest BCUT2D eigenvalue weighted by Crippen LogP contribution is 2.28. The molecule has 5 heteroatoms. The monoisotopic (exact) mass is 368 g/mol. The minimum absolute atomic E-state index is 0. The van der Waals surface area contributed by atoms with Crippen LogP contribution in [0.5, 0.6) is 0 Å². The first kappa shape index (κ1) is 18.0. The molecule has 0 atom stereocenters. The number of halogens is 1. The third-order valence-corrected chi connectivity index (χ3v) is 2.62. The first-order valence-corrected chi connectivity index (χ1v) is 6.78. The van der Waals surface area contributed by atoms with Gasteiger partial charge in [-0.1, -0.05) is 0 Å². The van der Waals surface area contributed by atoms with Gasteiger partial charge < -0.3 is 16.0 Å². The van der Waals surface area contributed by atoms with Crippen LogP contribution in [-0.2, 0) is 0 Å². The smallest absolute Gasteiger partial charge is 0.191 e. The van der Waals surface area contributed by atoms with E-state index < -0.39 is 0 Å². The Balaban J connectivity index is 0.00000289. The molecule has 0 unspecified atom stereocenters. The Morgan fingerprint density at radius 2 is 1.83 bits per heavy atom. The van der Waals surface area contributed by atoms with Crippen molar-refractivity contribution in [2.24, 2.45) is 10.9 Å². The molecule has 0 amide bonds. The number of nitrogens with one attached hydrogen (secondary N) is 3. The van der Waals surface area contributed by atoms with Crippen LogP contribution in [0.1, 0.15) is 40.5 Å². The lowest BCUT2D eigenvalue weighted by Gasteiger charge is -2.21. The summed E-state index contributed by atoms with van der Waals surface area (Å²) in [5, 5.41) is 10.1. The van der Waals surface area contributed by atoms with Crippen LogP contribution in [0.25, 0.3) is 0 Å². The van der Waals surface area contributed by atoms with Crippen molar-refractivity contribution in [3.63, 3.8) is 0 Å². The number of guanidine groups is 1. The van der Waals surface area contributed by atoms with Gasteiger partial charge in [0.2, 0.25) is 0 Å². The fourth-order valence-electron chi connectivity index (χ4n) is 1.48. The lowest BCUT2D eigenvalue weighted by atomic mass is 10.1. The van der Waals surface area contributed by atoms with Crippen LogP contribution in [0.15, 0.2) is 4.99 Å². The number of hydrogen-bond donors (Lipinski definition) is 3. The number of hydrogen-bond acceptors (Lipinski definition) is 2. The Bertz CT molecular complexity index is 244. The minimum Gasteiger partial charge on any atom is -0.357 e. The van der Waals surface area contributed by atoms with Crippen LogP contribution >= 0.6 is 24.0 Å². The van der Waals surface area contributed by atoms with Crippen molar-refractivity contribution in [3.05, 3.63) is 0 Å². The molecule has 0 bridgehead atoms. The van der Waals surface area contributed by atoms with E-state index in [-0.39, 0.29) is 29.5 Å². The summed E-state index contributed by atoms with van der Waals surface area (Å²) in [6.07, 6.45) is 2.71. The van der Waals surface area contributed by atoms with Crippen LogP contribution in [0.3, 0.4) is 0 Å². The highest BCUT2D eigenvalue weighted by Gasteiger charge is 2.20. The molecule has 1 aliphatic carbocycles. The zero-order valence-corrected chi connectivity index (χ0v) is 14.5. The van der Waals surface area contributed by atoms with E-state index in [4.69, 9.17) is 0 Å². The van der Waals surface area contributed by atoms with Gasteiger partial charge >= 0.3 is 0 Å². The van der Waals surface area contributed by atoms with Gasteiger partial charge in [-0.2, -0.15) is 0 Å². The van der Waals surface area contributed by atoms with E-state index in [1.54, 1.807) is 0 Å². The molecule has 108 valence electrons. The quantitative estimate of drug-likeness (QED) is 0.291. The van der Waals surface area contributed by atoms with E-state index >= 15 is 0 Å². The van der Waals surface area contributed by atoms with E-state index in [1.807, 2.05) is 0 Å². The van der Waals surface area contributed by atoms with Gasteiger partial charge in [0.15, 0.2) is 5.96 Å². The normalized spacial score (nSPS) is 16.1. The Morgan fingerprint density at radius 3 is 2.33 bits per heavy atom. The summed E-state index contributed by atoms with van der Waals surface area (Å²) in [7, 11) is 0. The molecule has 1 fully saturated rings. The molecule has 0 aromatic carbocycles. The van der Waals surface area contributed by atoms with Crippen LogP contribution < -0.4 is 16.0 Å². The van der Waals surface area contributed by atoms with Crippen LogP contribution in [0.4, 0.5) is 0 Å².